The highest BCUT2D eigenvalue weighted by molar-refractivity contribution is 7.99. The number of nitrogens with zero attached hydrogens (tertiary/aromatic N) is 18. The van der Waals surface area contributed by atoms with E-state index in [4.69, 9.17) is 63.5 Å². The number of ether oxygens (including phenoxy) is 5. The van der Waals surface area contributed by atoms with Crippen LogP contribution < -0.4 is 39.9 Å². The highest BCUT2D eigenvalue weighted by Crippen LogP contribution is 2.32. The summed E-state index contributed by atoms with van der Waals surface area (Å²) >= 11 is 27.7. The molecule has 0 aliphatic heterocycles. The van der Waals surface area contributed by atoms with Gasteiger partial charge in [0, 0.05) is 75.7 Å². The van der Waals surface area contributed by atoms with Crippen molar-refractivity contribution in [2.24, 2.45) is 0 Å². The number of thiol groups is 2. The Morgan fingerprint density at radius 2 is 1.21 bits per heavy atom. The molecule has 0 aliphatic carbocycles. The first-order valence-electron chi connectivity index (χ1n) is 43.5. The number of hydrogen-bond donors (Lipinski definition) is 6. The number of imidazole rings is 2. The van der Waals surface area contributed by atoms with Gasteiger partial charge in [-0.25, -0.2) is 19.3 Å². The number of H-pyrrole nitrogens is 1. The number of aryl methyl sites for hydroxylation is 7. The second-order valence-electron chi connectivity index (χ2n) is 30.5. The summed E-state index contributed by atoms with van der Waals surface area (Å²) in [5.41, 5.74) is 15.7. The van der Waals surface area contributed by atoms with Gasteiger partial charge in [0.15, 0.2) is 27.9 Å². The number of unbranched alkanes of at least 4 members (excludes halogenated alkanes) is 1. The molecule has 0 unspecified atom stereocenters. The molecule has 4 N–H and O–H groups in total. The smallest absolute Gasteiger partial charge is 0.251 e. The molecule has 135 heavy (non-hydrogen) atoms. The maximum absolute atomic E-state index is 12.1. The number of hydrogen-bond acceptors (Lipinski definition) is 24. The summed E-state index contributed by atoms with van der Waals surface area (Å²) in [6.07, 6.45) is 15.1. The van der Waals surface area contributed by atoms with Gasteiger partial charge in [0.2, 0.25) is 0 Å². The summed E-state index contributed by atoms with van der Waals surface area (Å²) in [5, 5.41) is 46.4. The number of para-hydroxylation sites is 2. The van der Waals surface area contributed by atoms with E-state index in [0.29, 0.717) is 78.5 Å². The van der Waals surface area contributed by atoms with Crippen LogP contribution in [0.3, 0.4) is 0 Å². The average Bonchev–Trinajstić information content (AvgIpc) is 1.69. The van der Waals surface area contributed by atoms with E-state index in [1.165, 1.54) is 24.2 Å². The number of halogens is 2. The molecule has 0 aliphatic rings. The predicted octanol–water partition coefficient (Wildman–Crippen LogP) is 20.9. The number of methoxy groups -OCH3 is 4. The standard InChI is InChI=1S/C17H16ClN3O.C15H18N4O.C15H15N3O2S.C15H21N3S.C14H17N3O2S.C12H14ClN3.C12H15N3OS/c1-12-19-20-17(11-13-4-3-5-16(10-13)22-2)21(12)15-8-6-14(18)7-9-15;1-4-8-19-12(3)17-18-14(19)10-16-15(20)13-7-5-6-11(2)9-13;1-19-12-5-2-4-11(8-12)9-14-16-17-15(21)18(14)10-13-6-3-7-20-13;1-3-4-11-19-12-10-15-17-16-13(2)18(15)14-8-6-5-7-9-14;1-3-7-19-14-11(5-4-6-12(14)18-2)8-16-17-10-15-9-13(17)20;1-8(2)16-9(3)14-15-12(16)10-4-6-11(13)7-5-10;1-9-13-8-12(17)15(9)14-7-10-3-5-11(16-2)6-4-10/h3-10H,11H2,1-2H3;4-7,9H,1,8,10H2,2-3H3,(H,16,20);2-8H,9-10H2,1H3,(H,17,21);5-9H,3-4,10-12H2,1-2H3;3-6,9-10,16,20H,1,7-8H2,2H3;4-8H,1-3H3;3-6,8,14,17H,7H2,1-2H3. The number of allylic oxidation sites excluding steroid dienone is 1. The molecule has 0 spiro atoms. The van der Waals surface area contributed by atoms with E-state index in [1.54, 1.807) is 76.3 Å². The van der Waals surface area contributed by atoms with Gasteiger partial charge in [0.05, 0.1) is 73.3 Å². The first kappa shape index (κ1) is 104. The molecular weight excluding hydrogens is 1820 g/mol. The number of furan rings is 1. The summed E-state index contributed by atoms with van der Waals surface area (Å²) in [6.45, 7) is 28.8. The molecule has 0 bridgehead atoms. The van der Waals surface area contributed by atoms with Crippen molar-refractivity contribution in [1.29, 1.82) is 0 Å². The summed E-state index contributed by atoms with van der Waals surface area (Å²) < 4.78 is 46.3. The SMILES string of the molecule is C=CCOc1c(CNn2cncc2S)cccc1OC.C=CCn1c(C)nnc1CNC(=O)c1cccc(C)c1.CCCCSCCc1nnc(C)n1-c1ccccc1.COc1ccc(CNn2c(S)cnc2C)cc1.COc1cccc(Cc2n[nH]c(=S)n2Cc2ccco2)c1.COc1cccc(Cc2nnc(C)n2-c2ccc(Cl)cc2)c1.Cc1nnc(-c2ccc(Cl)cc2)n1C(C)C. The number of amides is 1. The van der Waals surface area contributed by atoms with Crippen LogP contribution in [0, 0.1) is 46.3 Å². The third kappa shape index (κ3) is 31.3. The zero-order valence-electron chi connectivity index (χ0n) is 78.2. The Hall–Kier alpha value is -13.4. The molecule has 8 heterocycles. The molecule has 0 saturated heterocycles. The highest BCUT2D eigenvalue weighted by atomic mass is 35.5. The minimum Gasteiger partial charge on any atom is -0.497 e. The lowest BCUT2D eigenvalue weighted by atomic mass is 10.1. The Kier molecular flexibility index (Phi) is 41.5. The van der Waals surface area contributed by atoms with E-state index in [9.17, 15) is 4.79 Å². The van der Waals surface area contributed by atoms with Crippen LogP contribution in [0.1, 0.15) is 136 Å². The Morgan fingerprint density at radius 3 is 1.81 bits per heavy atom. The fourth-order valence-corrected chi connectivity index (χ4v) is 15.6. The molecule has 8 aromatic carbocycles. The van der Waals surface area contributed by atoms with E-state index in [1.807, 2.05) is 242 Å². The quantitative estimate of drug-likeness (QED) is 0.00945. The van der Waals surface area contributed by atoms with Gasteiger partial charge in [-0.05, 0) is 224 Å². The Morgan fingerprint density at radius 1 is 0.578 bits per heavy atom. The van der Waals surface area contributed by atoms with E-state index < -0.39 is 0 Å². The topological polar surface area (TPSA) is 305 Å². The fraction of sp³-hybridized carbons (Fsp3) is 0.270. The van der Waals surface area contributed by atoms with Crippen LogP contribution in [0.25, 0.3) is 22.8 Å². The van der Waals surface area contributed by atoms with Crippen molar-refractivity contribution >= 4 is 78.3 Å². The molecule has 706 valence electrons. The van der Waals surface area contributed by atoms with Crippen molar-refractivity contribution in [2.45, 2.75) is 143 Å². The largest absolute Gasteiger partial charge is 0.497 e. The van der Waals surface area contributed by atoms with Crippen LogP contribution in [0.2, 0.25) is 10.0 Å². The molecule has 16 rings (SSSR count). The zero-order chi connectivity index (χ0) is 96.5. The lowest BCUT2D eigenvalue weighted by molar-refractivity contribution is 0.0949. The van der Waals surface area contributed by atoms with E-state index in [-0.39, 0.29) is 5.91 Å². The lowest BCUT2D eigenvalue weighted by Gasteiger charge is -2.15. The van der Waals surface area contributed by atoms with E-state index in [0.717, 1.165) is 154 Å². The van der Waals surface area contributed by atoms with Gasteiger partial charge < -0.3 is 53.4 Å². The van der Waals surface area contributed by atoms with Crippen molar-refractivity contribution in [3.8, 4) is 51.5 Å². The predicted molar refractivity (Wildman–Crippen MR) is 544 cm³/mol. The number of carbonyl (C=O) groups excluding carboxylic acids is 1. The normalized spacial score (nSPS) is 10.6. The molecule has 29 nitrogen and oxygen atoms in total. The Bertz CT molecular complexity index is 6370. The minimum absolute atomic E-state index is 0.112. The molecule has 35 heteroatoms. The molecule has 16 aromatic rings. The Labute approximate surface area is 819 Å². The van der Waals surface area contributed by atoms with Crippen LogP contribution in [0.5, 0.6) is 28.7 Å². The summed E-state index contributed by atoms with van der Waals surface area (Å²) in [6, 6.07) is 66.9. The first-order valence-corrected chi connectivity index (χ1v) is 46.7. The lowest BCUT2D eigenvalue weighted by Crippen LogP contribution is -2.25. The molecule has 0 fully saturated rings. The van der Waals surface area contributed by atoms with Crippen LogP contribution in [-0.2, 0) is 52.0 Å². The van der Waals surface area contributed by atoms with Crippen molar-refractivity contribution in [3.63, 3.8) is 0 Å². The summed E-state index contributed by atoms with van der Waals surface area (Å²) in [4.78, 5) is 20.2. The number of aromatic amines is 1. The average molecular weight is 1940 g/mol. The van der Waals surface area contributed by atoms with Gasteiger partial charge in [-0.3, -0.25) is 23.6 Å². The minimum atomic E-state index is -0.112. The zero-order valence-corrected chi connectivity index (χ0v) is 83.1. The van der Waals surface area contributed by atoms with E-state index >= 15 is 0 Å². The summed E-state index contributed by atoms with van der Waals surface area (Å²) in [7, 11) is 6.61. The third-order valence-corrected chi connectivity index (χ3v) is 23.0. The van der Waals surface area contributed by atoms with Gasteiger partial charge in [-0.2, -0.15) is 16.9 Å². The van der Waals surface area contributed by atoms with Crippen molar-refractivity contribution in [2.75, 3.05) is 57.4 Å². The maximum atomic E-state index is 12.1. The number of benzene rings is 8. The van der Waals surface area contributed by atoms with Gasteiger partial charge in [-0.1, -0.05) is 140 Å². The van der Waals surface area contributed by atoms with Crippen molar-refractivity contribution in [3.05, 3.63) is 363 Å². The number of thioether (sulfide) groups is 1. The number of carbonyl (C=O) groups is 1. The number of nitrogens with one attached hydrogen (secondary N) is 4. The number of aromatic nitrogens is 19. The monoisotopic (exact) mass is 1930 g/mol. The van der Waals surface area contributed by atoms with Crippen LogP contribution >= 0.6 is 72.4 Å². The molecule has 0 radical (unpaired) electrons. The molecule has 8 aromatic heterocycles. The molecule has 1 amide bonds. The maximum Gasteiger partial charge on any atom is 0.251 e. The van der Waals surface area contributed by atoms with Crippen LogP contribution in [0.4, 0.5) is 0 Å². The first-order chi connectivity index (χ1) is 65.4. The molecule has 0 atom stereocenters. The van der Waals surface area contributed by atoms with Gasteiger partial charge in [-0.15, -0.1) is 72.6 Å². The van der Waals surface area contributed by atoms with Crippen LogP contribution in [-0.4, -0.2) is 146 Å². The number of rotatable bonds is 34. The van der Waals surface area contributed by atoms with Crippen LogP contribution in [0.15, 0.2) is 271 Å². The van der Waals surface area contributed by atoms with Crippen molar-refractivity contribution in [1.82, 2.24) is 98.5 Å². The third-order valence-electron chi connectivity index (χ3n) is 20.4. The van der Waals surface area contributed by atoms with Crippen molar-refractivity contribution < 1.29 is 32.9 Å². The van der Waals surface area contributed by atoms with Gasteiger partial charge in [0.25, 0.3) is 5.91 Å². The summed E-state index contributed by atoms with van der Waals surface area (Å²) in [5.74, 6) is 15.9. The van der Waals surface area contributed by atoms with E-state index in [2.05, 4.69) is 176 Å². The molecular formula is C100H116Cl2N22O7S4. The second kappa shape index (κ2) is 54.1. The molecule has 0 saturated carbocycles. The Balaban J connectivity index is 0.000000163. The second-order valence-corrected chi connectivity index (χ2v) is 33.9. The fourth-order valence-electron chi connectivity index (χ4n) is 13.6. The van der Waals surface area contributed by atoms with Gasteiger partial charge >= 0.3 is 0 Å². The van der Waals surface area contributed by atoms with Gasteiger partial charge in [0.1, 0.15) is 92.6 Å². The highest BCUT2D eigenvalue weighted by Gasteiger charge is 2.19.